The summed E-state index contributed by atoms with van der Waals surface area (Å²) in [6.07, 6.45) is 4.32. The van der Waals surface area contributed by atoms with Crippen LogP contribution in [0.25, 0.3) is 10.1 Å². The van der Waals surface area contributed by atoms with Crippen molar-refractivity contribution in [3.63, 3.8) is 0 Å². The van der Waals surface area contributed by atoms with E-state index >= 15 is 0 Å². The van der Waals surface area contributed by atoms with Crippen LogP contribution in [0.1, 0.15) is 49.2 Å². The molecule has 20 heavy (non-hydrogen) atoms. The molecule has 0 amide bonds. The molecular formula is C15H19FO2S2. The summed E-state index contributed by atoms with van der Waals surface area (Å²) in [5.41, 5.74) is 0. The Kier molecular flexibility index (Phi) is 5.54. The van der Waals surface area contributed by atoms with Crippen molar-refractivity contribution in [3.05, 3.63) is 21.5 Å². The van der Waals surface area contributed by atoms with E-state index < -0.39 is 11.8 Å². The van der Waals surface area contributed by atoms with Crippen LogP contribution in [0.4, 0.5) is 4.39 Å². The quantitative estimate of drug-likeness (QED) is 0.633. The molecule has 0 aliphatic carbocycles. The molecule has 2 heterocycles. The minimum atomic E-state index is -0.524. The van der Waals surface area contributed by atoms with Crippen LogP contribution >= 0.6 is 22.7 Å². The molecule has 2 aromatic heterocycles. The molecule has 0 saturated carbocycles. The lowest BCUT2D eigenvalue weighted by Crippen LogP contribution is -2.14. The fourth-order valence-electron chi connectivity index (χ4n) is 2.09. The zero-order valence-corrected chi connectivity index (χ0v) is 13.4. The fraction of sp³-hybridized carbons (Fsp3) is 0.533. The molecule has 5 heteroatoms. The van der Waals surface area contributed by atoms with E-state index in [9.17, 15) is 9.18 Å². The van der Waals surface area contributed by atoms with Crippen LogP contribution < -0.4 is 0 Å². The average Bonchev–Trinajstić information content (AvgIpc) is 3.02. The molecule has 1 atom stereocenters. The Morgan fingerprint density at radius 1 is 1.40 bits per heavy atom. The number of carbonyl (C=O) groups is 1. The maximum Gasteiger partial charge on any atom is 0.351 e. The minimum absolute atomic E-state index is 0.105. The molecule has 2 nitrogen and oxygen atoms in total. The van der Waals surface area contributed by atoms with Gasteiger partial charge >= 0.3 is 5.97 Å². The average molecular weight is 314 g/mol. The first kappa shape index (κ1) is 15.4. The zero-order valence-electron chi connectivity index (χ0n) is 11.8. The number of esters is 1. The van der Waals surface area contributed by atoms with Gasteiger partial charge in [-0.2, -0.15) is 11.3 Å². The summed E-state index contributed by atoms with van der Waals surface area (Å²) in [5.74, 6) is -0.580. The first-order valence-corrected chi connectivity index (χ1v) is 8.74. The van der Waals surface area contributed by atoms with Gasteiger partial charge in [-0.05, 0) is 12.3 Å². The number of unbranched alkanes of at least 4 members (excludes halogenated alkanes) is 1. The Morgan fingerprint density at radius 2 is 2.20 bits per heavy atom. The van der Waals surface area contributed by atoms with Crippen LogP contribution in [0.3, 0.4) is 0 Å². The third-order valence-electron chi connectivity index (χ3n) is 3.45. The zero-order chi connectivity index (χ0) is 14.5. The Labute approximate surface area is 126 Å². The second kappa shape index (κ2) is 7.18. The van der Waals surface area contributed by atoms with E-state index in [1.54, 1.807) is 5.38 Å². The lowest BCUT2D eigenvalue weighted by molar-refractivity contribution is 0.0429. The van der Waals surface area contributed by atoms with Crippen molar-refractivity contribution < 1.29 is 13.9 Å². The first-order valence-electron chi connectivity index (χ1n) is 6.98. The number of hydrogen-bond donors (Lipinski definition) is 0. The minimum Gasteiger partial charge on any atom is -0.461 e. The first-order chi connectivity index (χ1) is 9.67. The van der Waals surface area contributed by atoms with E-state index in [4.69, 9.17) is 4.74 Å². The smallest absolute Gasteiger partial charge is 0.351 e. The van der Waals surface area contributed by atoms with Gasteiger partial charge in [-0.25, -0.2) is 9.18 Å². The standard InChI is InChI=1S/C15H19FO2S2/c1-3-5-6-10(4-2)7-18-15(17)14-13(16)11-8-19-9-12(11)20-14/h8-10H,3-7H2,1-2H3/t10-/m0/s1. The highest BCUT2D eigenvalue weighted by atomic mass is 32.1. The number of hydrogen-bond acceptors (Lipinski definition) is 4. The predicted molar refractivity (Wildman–Crippen MR) is 83.2 cm³/mol. The lowest BCUT2D eigenvalue weighted by atomic mass is 10.0. The van der Waals surface area contributed by atoms with Gasteiger partial charge in [0.25, 0.3) is 0 Å². The Morgan fingerprint density at radius 3 is 2.85 bits per heavy atom. The fourth-order valence-corrected chi connectivity index (χ4v) is 4.03. The number of fused-ring (bicyclic) bond motifs is 1. The largest absolute Gasteiger partial charge is 0.461 e. The van der Waals surface area contributed by atoms with E-state index in [1.165, 1.54) is 22.7 Å². The molecule has 0 saturated heterocycles. The van der Waals surface area contributed by atoms with E-state index in [1.807, 2.05) is 5.38 Å². The van der Waals surface area contributed by atoms with Crippen molar-refractivity contribution in [2.45, 2.75) is 39.5 Å². The van der Waals surface area contributed by atoms with Crippen molar-refractivity contribution in [3.8, 4) is 0 Å². The van der Waals surface area contributed by atoms with Gasteiger partial charge in [-0.1, -0.05) is 33.1 Å². The van der Waals surface area contributed by atoms with Crippen LogP contribution in [-0.2, 0) is 4.74 Å². The molecule has 0 fully saturated rings. The van der Waals surface area contributed by atoms with Gasteiger partial charge in [0, 0.05) is 20.8 Å². The Bertz CT molecular complexity index is 573. The van der Waals surface area contributed by atoms with Crippen LogP contribution in [0, 0.1) is 11.7 Å². The van der Waals surface area contributed by atoms with E-state index in [0.717, 1.165) is 30.4 Å². The summed E-state index contributed by atoms with van der Waals surface area (Å²) >= 11 is 2.62. The van der Waals surface area contributed by atoms with Crippen LogP contribution in [0.2, 0.25) is 0 Å². The summed E-state index contributed by atoms with van der Waals surface area (Å²) in [4.78, 5) is 12.1. The SMILES string of the molecule is CCCC[C@H](CC)COC(=O)c1sc2cscc2c1F. The molecule has 110 valence electrons. The highest BCUT2D eigenvalue weighted by Gasteiger charge is 2.21. The Hall–Kier alpha value is -0.940. The van der Waals surface area contributed by atoms with Gasteiger partial charge in [-0.15, -0.1) is 11.3 Å². The van der Waals surface area contributed by atoms with E-state index in [0.29, 0.717) is 17.9 Å². The molecule has 0 aliphatic rings. The number of rotatable bonds is 7. The van der Waals surface area contributed by atoms with Crippen LogP contribution in [0.5, 0.6) is 0 Å². The van der Waals surface area contributed by atoms with Crippen molar-refractivity contribution in [2.24, 2.45) is 5.92 Å². The van der Waals surface area contributed by atoms with Crippen molar-refractivity contribution in [2.75, 3.05) is 6.61 Å². The molecule has 0 radical (unpaired) electrons. The van der Waals surface area contributed by atoms with Gasteiger partial charge in [0.05, 0.1) is 6.61 Å². The normalized spacial score (nSPS) is 12.8. The summed E-state index contributed by atoms with van der Waals surface area (Å²) < 4.78 is 20.1. The van der Waals surface area contributed by atoms with Crippen LogP contribution in [0.15, 0.2) is 10.8 Å². The van der Waals surface area contributed by atoms with Gasteiger partial charge in [-0.3, -0.25) is 0 Å². The molecule has 0 aliphatic heterocycles. The van der Waals surface area contributed by atoms with Crippen LogP contribution in [-0.4, -0.2) is 12.6 Å². The highest BCUT2D eigenvalue weighted by Crippen LogP contribution is 2.33. The van der Waals surface area contributed by atoms with E-state index in [2.05, 4.69) is 13.8 Å². The summed E-state index contributed by atoms with van der Waals surface area (Å²) in [5, 5.41) is 4.12. The van der Waals surface area contributed by atoms with Gasteiger partial charge in [0.15, 0.2) is 5.82 Å². The van der Waals surface area contributed by atoms with Gasteiger partial charge in [0.2, 0.25) is 0 Å². The Balaban J connectivity index is 1.97. The van der Waals surface area contributed by atoms with Crippen molar-refractivity contribution in [1.82, 2.24) is 0 Å². The highest BCUT2D eigenvalue weighted by molar-refractivity contribution is 7.24. The molecule has 2 aromatic rings. The van der Waals surface area contributed by atoms with Gasteiger partial charge in [0.1, 0.15) is 4.88 Å². The third kappa shape index (κ3) is 3.38. The van der Waals surface area contributed by atoms with E-state index in [-0.39, 0.29) is 4.88 Å². The van der Waals surface area contributed by atoms with Crippen molar-refractivity contribution >= 4 is 38.7 Å². The molecule has 0 spiro atoms. The topological polar surface area (TPSA) is 26.3 Å². The molecule has 0 N–H and O–H groups in total. The molecule has 0 unspecified atom stereocenters. The predicted octanol–water partition coefficient (Wildman–Crippen LogP) is 5.48. The maximum absolute atomic E-state index is 14.0. The molecule has 0 bridgehead atoms. The number of carbonyl (C=O) groups excluding carboxylic acids is 1. The summed E-state index contributed by atoms with van der Waals surface area (Å²) in [6.45, 7) is 4.63. The maximum atomic E-state index is 14.0. The second-order valence-corrected chi connectivity index (χ2v) is 6.71. The molecule has 2 rings (SSSR count). The number of thiophene rings is 2. The van der Waals surface area contributed by atoms with Gasteiger partial charge < -0.3 is 4.74 Å². The summed E-state index contributed by atoms with van der Waals surface area (Å²) in [7, 11) is 0. The number of ether oxygens (including phenoxy) is 1. The summed E-state index contributed by atoms with van der Waals surface area (Å²) in [6, 6.07) is 0. The monoisotopic (exact) mass is 314 g/mol. The van der Waals surface area contributed by atoms with Crippen molar-refractivity contribution in [1.29, 1.82) is 0 Å². The lowest BCUT2D eigenvalue weighted by Gasteiger charge is -2.14. The second-order valence-electron chi connectivity index (χ2n) is 4.91. The molecular weight excluding hydrogens is 295 g/mol. The third-order valence-corrected chi connectivity index (χ3v) is 5.45. The molecule has 0 aromatic carbocycles. The number of halogens is 1.